The summed E-state index contributed by atoms with van der Waals surface area (Å²) < 4.78 is 31.2. The lowest BCUT2D eigenvalue weighted by atomic mass is 9.94. The summed E-state index contributed by atoms with van der Waals surface area (Å²) in [5.74, 6) is -0.700. The first-order valence-electron chi connectivity index (χ1n) is 15.4. The molecule has 5 rings (SSSR count). The number of amides is 2. The summed E-state index contributed by atoms with van der Waals surface area (Å²) >= 11 is 5.64. The van der Waals surface area contributed by atoms with Crippen LogP contribution in [-0.4, -0.2) is 43.8 Å². The molecule has 0 radical (unpaired) electrons. The summed E-state index contributed by atoms with van der Waals surface area (Å²) in [4.78, 5) is 30.4. The van der Waals surface area contributed by atoms with Crippen molar-refractivity contribution in [3.63, 3.8) is 0 Å². The maximum absolute atomic E-state index is 14.6. The van der Waals surface area contributed by atoms with Crippen molar-refractivity contribution in [1.82, 2.24) is 10.2 Å². The zero-order chi connectivity index (χ0) is 32.5. The Morgan fingerprint density at radius 3 is 2.04 bits per heavy atom. The van der Waals surface area contributed by atoms with Gasteiger partial charge in [-0.3, -0.25) is 13.9 Å². The van der Waals surface area contributed by atoms with E-state index >= 15 is 0 Å². The average molecular weight is 815 g/mol. The second-order valence-electron chi connectivity index (χ2n) is 11.5. The van der Waals surface area contributed by atoms with Crippen molar-refractivity contribution in [3.8, 4) is 0 Å². The van der Waals surface area contributed by atoms with Gasteiger partial charge in [0.05, 0.1) is 10.6 Å². The molecule has 1 saturated carbocycles. The Morgan fingerprint density at radius 2 is 1.41 bits per heavy atom. The molecule has 0 bridgehead atoms. The summed E-state index contributed by atoms with van der Waals surface area (Å²) in [6, 6.07) is 31.5. The van der Waals surface area contributed by atoms with Gasteiger partial charge < -0.3 is 10.2 Å². The predicted molar refractivity (Wildman–Crippen MR) is 194 cm³/mol. The highest BCUT2D eigenvalue weighted by Gasteiger charge is 2.35. The first-order chi connectivity index (χ1) is 22.2. The fraction of sp³-hybridized carbons (Fsp3) is 0.278. The number of rotatable bonds is 12. The minimum atomic E-state index is -4.12. The van der Waals surface area contributed by atoms with E-state index < -0.39 is 28.5 Å². The average Bonchev–Trinajstić information content (AvgIpc) is 3.07. The largest absolute Gasteiger partial charge is 0.352 e. The third-order valence-electron chi connectivity index (χ3n) is 8.21. The van der Waals surface area contributed by atoms with Crippen molar-refractivity contribution in [2.75, 3.05) is 10.8 Å². The minimum absolute atomic E-state index is 0.0471. The topological polar surface area (TPSA) is 86.8 Å². The maximum Gasteiger partial charge on any atom is 0.264 e. The lowest BCUT2D eigenvalue weighted by Crippen LogP contribution is -2.55. The Labute approximate surface area is 293 Å². The van der Waals surface area contributed by atoms with Gasteiger partial charge in [-0.1, -0.05) is 95.9 Å². The molecule has 1 aliphatic carbocycles. The number of hydrogen-bond acceptors (Lipinski definition) is 4. The van der Waals surface area contributed by atoms with Crippen LogP contribution < -0.4 is 9.62 Å². The molecule has 0 saturated heterocycles. The van der Waals surface area contributed by atoms with Gasteiger partial charge in [0.25, 0.3) is 10.0 Å². The number of carbonyl (C=O) groups is 2. The van der Waals surface area contributed by atoms with Gasteiger partial charge in [-0.2, -0.15) is 0 Å². The van der Waals surface area contributed by atoms with Gasteiger partial charge in [-0.25, -0.2) is 8.42 Å². The third kappa shape index (κ3) is 8.98. The monoisotopic (exact) mass is 813 g/mol. The molecule has 46 heavy (non-hydrogen) atoms. The van der Waals surface area contributed by atoms with Crippen LogP contribution in [-0.2, 0) is 32.6 Å². The normalized spacial score (nSPS) is 14.3. The van der Waals surface area contributed by atoms with Crippen LogP contribution in [0.5, 0.6) is 0 Å². The molecule has 240 valence electrons. The molecular formula is C36H37BrIN3O4S. The van der Waals surface area contributed by atoms with Crippen molar-refractivity contribution in [1.29, 1.82) is 0 Å². The van der Waals surface area contributed by atoms with Crippen molar-refractivity contribution in [3.05, 3.63) is 128 Å². The van der Waals surface area contributed by atoms with Crippen molar-refractivity contribution < 1.29 is 18.0 Å². The van der Waals surface area contributed by atoms with E-state index in [1.54, 1.807) is 35.2 Å². The van der Waals surface area contributed by atoms with Crippen molar-refractivity contribution in [2.24, 2.45) is 0 Å². The summed E-state index contributed by atoms with van der Waals surface area (Å²) in [6.07, 6.45) is 5.35. The number of carbonyl (C=O) groups excluding carboxylic acids is 2. The molecule has 4 aromatic rings. The van der Waals surface area contributed by atoms with Crippen LogP contribution in [0.15, 0.2) is 119 Å². The molecule has 0 unspecified atom stereocenters. The number of anilines is 1. The highest BCUT2D eigenvalue weighted by atomic mass is 127. The van der Waals surface area contributed by atoms with Gasteiger partial charge >= 0.3 is 0 Å². The fourth-order valence-electron chi connectivity index (χ4n) is 5.74. The van der Waals surface area contributed by atoms with Crippen LogP contribution >= 0.6 is 38.5 Å². The predicted octanol–water partition coefficient (Wildman–Crippen LogP) is 7.34. The summed E-state index contributed by atoms with van der Waals surface area (Å²) in [5, 5.41) is 3.24. The molecule has 0 aromatic heterocycles. The highest BCUT2D eigenvalue weighted by molar-refractivity contribution is 14.1. The third-order valence-corrected chi connectivity index (χ3v) is 11.2. The Bertz CT molecular complexity index is 1700. The molecule has 1 fully saturated rings. The van der Waals surface area contributed by atoms with E-state index in [0.29, 0.717) is 5.69 Å². The zero-order valence-corrected chi connectivity index (χ0v) is 30.0. The van der Waals surface area contributed by atoms with Crippen LogP contribution in [0.3, 0.4) is 0 Å². The molecule has 1 atom stereocenters. The van der Waals surface area contributed by atoms with Gasteiger partial charge in [0, 0.05) is 27.1 Å². The second kappa shape index (κ2) is 16.1. The Kier molecular flexibility index (Phi) is 11.9. The van der Waals surface area contributed by atoms with Crippen LogP contribution in [0.25, 0.3) is 0 Å². The number of hydrogen-bond donors (Lipinski definition) is 1. The standard InChI is InChI=1S/C36H37BrIN3O4S/c37-29-18-16-28(17-19-29)25-40(34(24-27-10-4-1-5-11-27)36(43)39-31-12-6-2-7-13-31)35(42)26-41(32-22-20-30(38)21-23-32)46(44,45)33-14-8-3-9-15-33/h1,3-5,8-11,14-23,31,34H,2,6-7,12-13,24-26H2,(H,39,43)/t34-/m0/s1. The van der Waals surface area contributed by atoms with E-state index in [2.05, 4.69) is 43.8 Å². The van der Waals surface area contributed by atoms with Crippen LogP contribution in [0.4, 0.5) is 5.69 Å². The van der Waals surface area contributed by atoms with E-state index in [1.165, 1.54) is 12.1 Å². The minimum Gasteiger partial charge on any atom is -0.352 e. The molecule has 7 nitrogen and oxygen atoms in total. The van der Waals surface area contributed by atoms with Gasteiger partial charge in [0.1, 0.15) is 12.6 Å². The Hall–Kier alpha value is -3.22. The SMILES string of the molecule is O=C(NC1CCCCC1)[C@H](Cc1ccccc1)N(Cc1ccc(Br)cc1)C(=O)CN(c1ccc(I)cc1)S(=O)(=O)c1ccccc1. The summed E-state index contributed by atoms with van der Waals surface area (Å²) in [7, 11) is -4.12. The Balaban J connectivity index is 1.55. The quantitative estimate of drug-likeness (QED) is 0.152. The lowest BCUT2D eigenvalue weighted by Gasteiger charge is -2.35. The first kappa shape index (κ1) is 34.1. The molecule has 2 amide bonds. The molecule has 1 aliphatic rings. The first-order valence-corrected chi connectivity index (χ1v) is 18.7. The molecule has 0 aliphatic heterocycles. The van der Waals surface area contributed by atoms with Gasteiger partial charge in [0.2, 0.25) is 11.8 Å². The number of nitrogens with zero attached hydrogens (tertiary/aromatic N) is 2. The van der Waals surface area contributed by atoms with Crippen LogP contribution in [0.1, 0.15) is 43.2 Å². The molecule has 10 heteroatoms. The Morgan fingerprint density at radius 1 is 0.804 bits per heavy atom. The fourth-order valence-corrected chi connectivity index (χ4v) is 7.80. The summed E-state index contributed by atoms with van der Waals surface area (Å²) in [6.45, 7) is -0.343. The summed E-state index contributed by atoms with van der Waals surface area (Å²) in [5.41, 5.74) is 2.10. The van der Waals surface area contributed by atoms with Crippen molar-refractivity contribution >= 4 is 66.0 Å². The van der Waals surface area contributed by atoms with E-state index in [9.17, 15) is 18.0 Å². The van der Waals surface area contributed by atoms with Crippen LogP contribution in [0.2, 0.25) is 0 Å². The number of nitrogens with one attached hydrogen (secondary N) is 1. The highest BCUT2D eigenvalue weighted by Crippen LogP contribution is 2.26. The van der Waals surface area contributed by atoms with E-state index in [0.717, 1.165) is 55.6 Å². The zero-order valence-electron chi connectivity index (χ0n) is 25.4. The van der Waals surface area contributed by atoms with E-state index in [1.807, 2.05) is 66.7 Å². The molecular weight excluding hydrogens is 777 g/mol. The number of halogens is 2. The molecule has 4 aromatic carbocycles. The lowest BCUT2D eigenvalue weighted by molar-refractivity contribution is -0.140. The van der Waals surface area contributed by atoms with Gasteiger partial charge in [-0.05, 0) is 95.1 Å². The van der Waals surface area contributed by atoms with Gasteiger partial charge in [-0.15, -0.1) is 0 Å². The van der Waals surface area contributed by atoms with E-state index in [4.69, 9.17) is 0 Å². The van der Waals surface area contributed by atoms with Gasteiger partial charge in [0.15, 0.2) is 0 Å². The molecule has 0 heterocycles. The smallest absolute Gasteiger partial charge is 0.264 e. The van der Waals surface area contributed by atoms with E-state index in [-0.39, 0.29) is 29.8 Å². The molecule has 1 N–H and O–H groups in total. The number of sulfonamides is 1. The van der Waals surface area contributed by atoms with Crippen LogP contribution in [0, 0.1) is 3.57 Å². The number of benzene rings is 4. The maximum atomic E-state index is 14.6. The molecule has 0 spiro atoms. The second-order valence-corrected chi connectivity index (χ2v) is 15.5. The van der Waals surface area contributed by atoms with Crippen molar-refractivity contribution in [2.45, 2.75) is 62.0 Å².